The first-order chi connectivity index (χ1) is 14.6. The molecule has 1 aliphatic rings. The Morgan fingerprint density at radius 1 is 1.16 bits per heavy atom. The number of carbonyl (C=O) groups is 1. The minimum absolute atomic E-state index is 0. The van der Waals surface area contributed by atoms with Gasteiger partial charge >= 0.3 is 0 Å². The van der Waals surface area contributed by atoms with Gasteiger partial charge in [-0.25, -0.2) is 0 Å². The van der Waals surface area contributed by atoms with Gasteiger partial charge in [0.25, 0.3) is 5.91 Å². The molecule has 2 aromatic rings. The van der Waals surface area contributed by atoms with Gasteiger partial charge in [-0.2, -0.15) is 0 Å². The summed E-state index contributed by atoms with van der Waals surface area (Å²) in [6.45, 7) is 7.66. The van der Waals surface area contributed by atoms with Crippen LogP contribution >= 0.6 is 24.0 Å². The monoisotopic (exact) mass is 542 g/mol. The van der Waals surface area contributed by atoms with Gasteiger partial charge in [0.05, 0.1) is 6.26 Å². The number of ether oxygens (including phenoxy) is 2. The molecule has 1 aliphatic heterocycles. The summed E-state index contributed by atoms with van der Waals surface area (Å²) >= 11 is 0. The third-order valence-corrected chi connectivity index (χ3v) is 4.67. The van der Waals surface area contributed by atoms with Gasteiger partial charge in [-0.15, -0.1) is 24.0 Å². The molecule has 31 heavy (non-hydrogen) atoms. The van der Waals surface area contributed by atoms with Crippen molar-refractivity contribution in [2.75, 3.05) is 39.9 Å². The zero-order valence-corrected chi connectivity index (χ0v) is 20.6. The van der Waals surface area contributed by atoms with Crippen LogP contribution in [0.3, 0.4) is 0 Å². The van der Waals surface area contributed by atoms with E-state index in [0.717, 1.165) is 41.6 Å². The summed E-state index contributed by atoms with van der Waals surface area (Å²) in [6, 6.07) is 7.78. The summed E-state index contributed by atoms with van der Waals surface area (Å²) in [5, 5.41) is 6.18. The van der Waals surface area contributed by atoms with Crippen molar-refractivity contribution in [3.63, 3.8) is 0 Å². The summed E-state index contributed by atoms with van der Waals surface area (Å²) in [5.41, 5.74) is 1.95. The lowest BCUT2D eigenvalue weighted by atomic mass is 10.2. The Kier molecular flexibility index (Phi) is 9.96. The summed E-state index contributed by atoms with van der Waals surface area (Å²) < 4.78 is 16.5. The number of hydrogen-bond acceptors (Lipinski definition) is 5. The highest BCUT2D eigenvalue weighted by molar-refractivity contribution is 14.0. The predicted octanol–water partition coefficient (Wildman–Crippen LogP) is 3.19. The molecule has 0 fully saturated rings. The fourth-order valence-corrected chi connectivity index (χ4v) is 3.16. The van der Waals surface area contributed by atoms with E-state index in [1.165, 1.54) is 6.26 Å². The number of halogens is 1. The lowest BCUT2D eigenvalue weighted by Crippen LogP contribution is -2.38. The van der Waals surface area contributed by atoms with Crippen LogP contribution in [0.2, 0.25) is 0 Å². The second-order valence-electron chi connectivity index (χ2n) is 7.11. The van der Waals surface area contributed by atoms with E-state index in [2.05, 4.69) is 20.5 Å². The first kappa shape index (κ1) is 24.8. The quantitative estimate of drug-likeness (QED) is 0.231. The highest BCUT2D eigenvalue weighted by Crippen LogP contribution is 2.31. The van der Waals surface area contributed by atoms with Crippen molar-refractivity contribution >= 4 is 35.8 Å². The average molecular weight is 542 g/mol. The number of rotatable bonds is 8. The Labute approximate surface area is 200 Å². The third kappa shape index (κ3) is 7.05. The third-order valence-electron chi connectivity index (χ3n) is 4.67. The van der Waals surface area contributed by atoms with E-state index in [1.807, 2.05) is 39.1 Å². The van der Waals surface area contributed by atoms with Crippen LogP contribution in [-0.4, -0.2) is 56.7 Å². The molecule has 1 amide bonds. The number of carbonyl (C=O) groups excluding carboxylic acids is 1. The molecule has 0 atom stereocenters. The number of nitrogens with one attached hydrogen (secondary N) is 2. The van der Waals surface area contributed by atoms with Crippen LogP contribution in [0.4, 0.5) is 0 Å². The first-order valence-corrected chi connectivity index (χ1v) is 10.3. The number of nitrogens with zero attached hydrogens (tertiary/aromatic N) is 2. The van der Waals surface area contributed by atoms with Crippen LogP contribution in [0.1, 0.15) is 35.0 Å². The van der Waals surface area contributed by atoms with Gasteiger partial charge in [-0.1, -0.05) is 6.07 Å². The molecular weight excluding hydrogens is 511 g/mol. The van der Waals surface area contributed by atoms with E-state index in [1.54, 1.807) is 6.07 Å². The van der Waals surface area contributed by atoms with Crippen LogP contribution in [0.5, 0.6) is 11.5 Å². The highest BCUT2D eigenvalue weighted by atomic mass is 127. The fraction of sp³-hybridized carbons (Fsp3) is 0.455. The molecule has 1 aromatic carbocycles. The molecule has 0 spiro atoms. The molecule has 0 bridgehead atoms. The Morgan fingerprint density at radius 3 is 2.65 bits per heavy atom. The molecule has 0 unspecified atom stereocenters. The van der Waals surface area contributed by atoms with Crippen LogP contribution in [0.15, 0.2) is 39.9 Å². The van der Waals surface area contributed by atoms with Gasteiger partial charge < -0.3 is 29.4 Å². The molecule has 2 heterocycles. The van der Waals surface area contributed by atoms with Gasteiger partial charge in [-0.3, -0.25) is 9.79 Å². The molecule has 170 valence electrons. The Morgan fingerprint density at radius 2 is 1.94 bits per heavy atom. The zero-order valence-electron chi connectivity index (χ0n) is 18.3. The van der Waals surface area contributed by atoms with Gasteiger partial charge in [0.1, 0.15) is 13.2 Å². The summed E-state index contributed by atoms with van der Waals surface area (Å²) in [5.74, 6) is 2.58. The summed E-state index contributed by atoms with van der Waals surface area (Å²) in [6.07, 6.45) is 2.26. The van der Waals surface area contributed by atoms with Crippen LogP contribution in [0, 0.1) is 6.92 Å². The van der Waals surface area contributed by atoms with Crippen LogP contribution in [0.25, 0.3) is 0 Å². The van der Waals surface area contributed by atoms with Crippen molar-refractivity contribution in [2.45, 2.75) is 26.8 Å². The van der Waals surface area contributed by atoms with E-state index < -0.39 is 0 Å². The smallest absolute Gasteiger partial charge is 0.287 e. The molecule has 3 rings (SSSR count). The first-order valence-electron chi connectivity index (χ1n) is 10.3. The average Bonchev–Trinajstić information content (AvgIpc) is 3.18. The van der Waals surface area contributed by atoms with Crippen LogP contribution in [-0.2, 0) is 6.54 Å². The Balaban J connectivity index is 0.00000341. The number of benzene rings is 1. The standard InChI is InChI=1S/C22H30N4O4.HI/c1-4-23-22(25-10-5-9-24-21(27)20-16(2)8-11-30-20)26(3)15-17-6-7-18-19(14-17)29-13-12-28-18;/h6-8,11,14H,4-5,9-10,12-13,15H2,1-3H3,(H,23,25)(H,24,27);1H. The molecule has 8 nitrogen and oxygen atoms in total. The van der Waals surface area contributed by atoms with E-state index in [-0.39, 0.29) is 29.9 Å². The van der Waals surface area contributed by atoms with Crippen molar-refractivity contribution < 1.29 is 18.7 Å². The van der Waals surface area contributed by atoms with E-state index in [9.17, 15) is 4.79 Å². The maximum atomic E-state index is 12.1. The van der Waals surface area contributed by atoms with Crippen molar-refractivity contribution in [1.29, 1.82) is 0 Å². The molecule has 0 aliphatic carbocycles. The number of furan rings is 1. The topological polar surface area (TPSA) is 88.3 Å². The number of aryl methyl sites for hydroxylation is 1. The van der Waals surface area contributed by atoms with Gasteiger partial charge in [0, 0.05) is 38.8 Å². The second-order valence-corrected chi connectivity index (χ2v) is 7.11. The Hall–Kier alpha value is -2.43. The summed E-state index contributed by atoms with van der Waals surface area (Å²) in [7, 11) is 2.00. The SMILES string of the molecule is CCNC(=NCCCNC(=O)c1occc1C)N(C)Cc1ccc2c(c1)OCCO2.I. The molecule has 9 heteroatoms. The number of hydrogen-bond donors (Lipinski definition) is 2. The summed E-state index contributed by atoms with van der Waals surface area (Å²) in [4.78, 5) is 18.8. The molecule has 1 aromatic heterocycles. The van der Waals surface area contributed by atoms with Crippen molar-refractivity contribution in [1.82, 2.24) is 15.5 Å². The molecule has 0 radical (unpaired) electrons. The highest BCUT2D eigenvalue weighted by Gasteiger charge is 2.14. The fourth-order valence-electron chi connectivity index (χ4n) is 3.16. The van der Waals surface area contributed by atoms with Crippen LogP contribution < -0.4 is 20.1 Å². The minimum atomic E-state index is -0.191. The zero-order chi connectivity index (χ0) is 21.3. The molecule has 0 saturated carbocycles. The van der Waals surface area contributed by atoms with Gasteiger partial charge in [0.2, 0.25) is 0 Å². The lowest BCUT2D eigenvalue weighted by Gasteiger charge is -2.24. The number of guanidine groups is 1. The van der Waals surface area contributed by atoms with Gasteiger partial charge in [-0.05, 0) is 44.0 Å². The van der Waals surface area contributed by atoms with E-state index in [4.69, 9.17) is 13.9 Å². The maximum Gasteiger partial charge on any atom is 0.287 e. The maximum absolute atomic E-state index is 12.1. The second kappa shape index (κ2) is 12.4. The largest absolute Gasteiger partial charge is 0.486 e. The van der Waals surface area contributed by atoms with E-state index in [0.29, 0.717) is 38.6 Å². The number of fused-ring (bicyclic) bond motifs is 1. The number of amides is 1. The van der Waals surface area contributed by atoms with E-state index >= 15 is 0 Å². The van der Waals surface area contributed by atoms with Crippen molar-refractivity contribution in [3.05, 3.63) is 47.4 Å². The predicted molar refractivity (Wildman–Crippen MR) is 131 cm³/mol. The lowest BCUT2D eigenvalue weighted by molar-refractivity contribution is 0.0925. The number of aliphatic imine (C=N–C) groups is 1. The molecule has 0 saturated heterocycles. The van der Waals surface area contributed by atoms with Crippen molar-refractivity contribution in [3.8, 4) is 11.5 Å². The molecular formula is C22H31IN4O4. The Bertz CT molecular complexity index is 884. The normalized spacial score (nSPS) is 12.7. The van der Waals surface area contributed by atoms with Gasteiger partial charge in [0.15, 0.2) is 23.2 Å². The minimum Gasteiger partial charge on any atom is -0.486 e. The van der Waals surface area contributed by atoms with Crippen molar-refractivity contribution in [2.24, 2.45) is 4.99 Å². The molecule has 2 N–H and O–H groups in total.